The number of carbonyl (C=O) groups excluding carboxylic acids is 1. The number of carbonyl (C=O) groups is 1. The van der Waals surface area contributed by atoms with E-state index >= 15 is 0 Å². The van der Waals surface area contributed by atoms with Crippen LogP contribution in [-0.4, -0.2) is 15.9 Å². The molecule has 0 aliphatic carbocycles. The third-order valence-electron chi connectivity index (χ3n) is 2.93. The molecule has 1 aromatic carbocycles. The molecule has 0 bridgehead atoms. The average Bonchev–Trinajstić information content (AvgIpc) is 2.50. The van der Waals surface area contributed by atoms with Gasteiger partial charge in [-0.2, -0.15) is 0 Å². The maximum Gasteiger partial charge on any atom is 0.257 e. The van der Waals surface area contributed by atoms with Crippen LogP contribution in [0.1, 0.15) is 10.4 Å². The smallest absolute Gasteiger partial charge is 0.257 e. The summed E-state index contributed by atoms with van der Waals surface area (Å²) in [6.45, 7) is 0. The van der Waals surface area contributed by atoms with E-state index in [4.69, 9.17) is 11.6 Å². The molecule has 0 aliphatic heterocycles. The summed E-state index contributed by atoms with van der Waals surface area (Å²) in [5.41, 5.74) is 1.74. The molecule has 6 heteroatoms. The second-order valence-electron chi connectivity index (χ2n) is 4.33. The van der Waals surface area contributed by atoms with Gasteiger partial charge in [-0.05, 0) is 34.1 Å². The highest BCUT2D eigenvalue weighted by Gasteiger charge is 2.11. The highest BCUT2D eigenvalue weighted by molar-refractivity contribution is 9.10. The molecule has 0 fully saturated rings. The largest absolute Gasteiger partial charge is 0.320 e. The van der Waals surface area contributed by atoms with E-state index < -0.39 is 0 Å². The van der Waals surface area contributed by atoms with Crippen LogP contribution in [-0.2, 0) is 0 Å². The Morgan fingerprint density at radius 3 is 2.81 bits per heavy atom. The lowest BCUT2D eigenvalue weighted by molar-refractivity contribution is 0.102. The third-order valence-corrected chi connectivity index (χ3v) is 4.07. The highest BCUT2D eigenvalue weighted by atomic mass is 79.9. The van der Waals surface area contributed by atoms with Crippen molar-refractivity contribution in [2.24, 2.45) is 0 Å². The quantitative estimate of drug-likeness (QED) is 0.692. The zero-order valence-corrected chi connectivity index (χ0v) is 13.0. The number of halogens is 2. The van der Waals surface area contributed by atoms with E-state index in [1.165, 1.54) is 6.20 Å². The lowest BCUT2D eigenvalue weighted by Crippen LogP contribution is -2.13. The van der Waals surface area contributed by atoms with Gasteiger partial charge in [-0.25, -0.2) is 4.98 Å². The minimum atomic E-state index is -0.240. The Balaban J connectivity index is 1.95. The standard InChI is InChI=1S/C15H9BrClN3O/c16-12-7-10(8-19-14(12)17)20-15(21)11-5-1-3-9-4-2-6-18-13(9)11/h1-8H,(H,20,21). The van der Waals surface area contributed by atoms with Crippen molar-refractivity contribution in [3.05, 3.63) is 64.0 Å². The zero-order chi connectivity index (χ0) is 14.8. The van der Waals surface area contributed by atoms with Crippen molar-refractivity contribution in [1.29, 1.82) is 0 Å². The number of pyridine rings is 2. The summed E-state index contributed by atoms with van der Waals surface area (Å²) in [7, 11) is 0. The van der Waals surface area contributed by atoms with Crippen molar-refractivity contribution in [2.75, 3.05) is 5.32 Å². The van der Waals surface area contributed by atoms with Crippen molar-refractivity contribution >= 4 is 50.0 Å². The second kappa shape index (κ2) is 5.79. The number of nitrogens with one attached hydrogen (secondary N) is 1. The van der Waals surface area contributed by atoms with Crippen LogP contribution >= 0.6 is 27.5 Å². The number of anilines is 1. The van der Waals surface area contributed by atoms with Crippen LogP contribution in [0, 0.1) is 0 Å². The first kappa shape index (κ1) is 14.0. The monoisotopic (exact) mass is 361 g/mol. The first-order chi connectivity index (χ1) is 10.1. The molecule has 0 radical (unpaired) electrons. The Morgan fingerprint density at radius 2 is 2.00 bits per heavy atom. The molecular weight excluding hydrogens is 354 g/mol. The van der Waals surface area contributed by atoms with Crippen LogP contribution in [0.15, 0.2) is 53.3 Å². The second-order valence-corrected chi connectivity index (χ2v) is 5.54. The molecule has 0 unspecified atom stereocenters. The van der Waals surface area contributed by atoms with E-state index in [9.17, 15) is 4.79 Å². The Bertz CT molecular complexity index is 833. The summed E-state index contributed by atoms with van der Waals surface area (Å²) < 4.78 is 0.623. The maximum atomic E-state index is 12.4. The van der Waals surface area contributed by atoms with Gasteiger partial charge in [0.1, 0.15) is 5.15 Å². The molecule has 0 aliphatic rings. The van der Waals surface area contributed by atoms with E-state index in [0.29, 0.717) is 26.4 Å². The van der Waals surface area contributed by atoms with E-state index in [1.54, 1.807) is 18.3 Å². The van der Waals surface area contributed by atoms with Crippen LogP contribution in [0.25, 0.3) is 10.9 Å². The van der Waals surface area contributed by atoms with Crippen LogP contribution in [0.2, 0.25) is 5.15 Å². The number of hydrogen-bond donors (Lipinski definition) is 1. The van der Waals surface area contributed by atoms with E-state index in [2.05, 4.69) is 31.2 Å². The molecule has 4 nitrogen and oxygen atoms in total. The first-order valence-corrected chi connectivity index (χ1v) is 7.28. The van der Waals surface area contributed by atoms with Crippen LogP contribution in [0.5, 0.6) is 0 Å². The van der Waals surface area contributed by atoms with E-state index in [0.717, 1.165) is 5.39 Å². The number of fused-ring (bicyclic) bond motifs is 1. The number of hydrogen-bond acceptors (Lipinski definition) is 3. The average molecular weight is 363 g/mol. The van der Waals surface area contributed by atoms with Gasteiger partial charge in [-0.3, -0.25) is 9.78 Å². The fraction of sp³-hybridized carbons (Fsp3) is 0. The summed E-state index contributed by atoms with van der Waals surface area (Å²) in [6.07, 6.45) is 3.17. The van der Waals surface area contributed by atoms with Gasteiger partial charge in [0.25, 0.3) is 5.91 Å². The van der Waals surface area contributed by atoms with Gasteiger partial charge in [0.05, 0.1) is 27.4 Å². The summed E-state index contributed by atoms with van der Waals surface area (Å²) in [5, 5.41) is 4.05. The molecular formula is C15H9BrClN3O. The van der Waals surface area contributed by atoms with Crippen LogP contribution in [0.4, 0.5) is 5.69 Å². The minimum Gasteiger partial charge on any atom is -0.320 e. The molecule has 3 aromatic rings. The molecule has 2 aromatic heterocycles. The SMILES string of the molecule is O=C(Nc1cnc(Cl)c(Br)c1)c1cccc2cccnc12. The number of nitrogens with zero attached hydrogens (tertiary/aromatic N) is 2. The minimum absolute atomic E-state index is 0.240. The fourth-order valence-corrected chi connectivity index (χ4v) is 2.43. The zero-order valence-electron chi connectivity index (χ0n) is 10.7. The number of para-hydroxylation sites is 1. The summed E-state index contributed by atoms with van der Waals surface area (Å²) in [5.74, 6) is -0.240. The number of aromatic nitrogens is 2. The van der Waals surface area contributed by atoms with Gasteiger partial charge in [0.15, 0.2) is 0 Å². The van der Waals surface area contributed by atoms with Gasteiger partial charge in [-0.1, -0.05) is 29.8 Å². The Labute approximate surface area is 134 Å². The van der Waals surface area contributed by atoms with Crippen LogP contribution < -0.4 is 5.32 Å². The first-order valence-electron chi connectivity index (χ1n) is 6.11. The molecule has 21 heavy (non-hydrogen) atoms. The van der Waals surface area contributed by atoms with Crippen molar-refractivity contribution in [3.8, 4) is 0 Å². The molecule has 0 spiro atoms. The van der Waals surface area contributed by atoms with E-state index in [1.807, 2.05) is 24.3 Å². The molecule has 3 rings (SSSR count). The number of benzene rings is 1. The van der Waals surface area contributed by atoms with Gasteiger partial charge < -0.3 is 5.32 Å². The summed E-state index contributed by atoms with van der Waals surface area (Å²) >= 11 is 9.11. The van der Waals surface area contributed by atoms with Crippen molar-refractivity contribution < 1.29 is 4.79 Å². The molecule has 2 heterocycles. The van der Waals surface area contributed by atoms with Gasteiger partial charge in [-0.15, -0.1) is 0 Å². The molecule has 1 amide bonds. The topological polar surface area (TPSA) is 54.9 Å². The lowest BCUT2D eigenvalue weighted by Gasteiger charge is -2.08. The maximum absolute atomic E-state index is 12.4. The van der Waals surface area contributed by atoms with Gasteiger partial charge in [0, 0.05) is 11.6 Å². The van der Waals surface area contributed by atoms with Gasteiger partial charge >= 0.3 is 0 Å². The lowest BCUT2D eigenvalue weighted by atomic mass is 10.1. The predicted octanol–water partition coefficient (Wildman–Crippen LogP) is 4.30. The van der Waals surface area contributed by atoms with Crippen molar-refractivity contribution in [2.45, 2.75) is 0 Å². The Hall–Kier alpha value is -1.98. The molecule has 0 saturated heterocycles. The Morgan fingerprint density at radius 1 is 1.19 bits per heavy atom. The molecule has 1 N–H and O–H groups in total. The highest BCUT2D eigenvalue weighted by Crippen LogP contribution is 2.24. The number of amides is 1. The normalized spacial score (nSPS) is 10.6. The molecule has 104 valence electrons. The van der Waals surface area contributed by atoms with Gasteiger partial charge in [0.2, 0.25) is 0 Å². The van der Waals surface area contributed by atoms with Crippen molar-refractivity contribution in [3.63, 3.8) is 0 Å². The number of rotatable bonds is 2. The molecule has 0 atom stereocenters. The van der Waals surface area contributed by atoms with E-state index in [-0.39, 0.29) is 5.91 Å². The van der Waals surface area contributed by atoms with Crippen LogP contribution in [0.3, 0.4) is 0 Å². The predicted molar refractivity (Wildman–Crippen MR) is 86.6 cm³/mol. The fourth-order valence-electron chi connectivity index (χ4n) is 1.98. The van der Waals surface area contributed by atoms with Crippen molar-refractivity contribution in [1.82, 2.24) is 9.97 Å². The molecule has 0 saturated carbocycles. The Kier molecular flexibility index (Phi) is 3.86. The third kappa shape index (κ3) is 2.89. The summed E-state index contributed by atoms with van der Waals surface area (Å²) in [6, 6.07) is 10.9. The summed E-state index contributed by atoms with van der Waals surface area (Å²) in [4.78, 5) is 20.6.